The van der Waals surface area contributed by atoms with Gasteiger partial charge in [-0.3, -0.25) is 14.7 Å². The second-order valence-corrected chi connectivity index (χ2v) is 3.36. The predicted octanol–water partition coefficient (Wildman–Crippen LogP) is -0.621. The summed E-state index contributed by atoms with van der Waals surface area (Å²) >= 11 is 0. The molecule has 2 rings (SSSR count). The molecule has 2 aromatic heterocycles. The predicted molar refractivity (Wildman–Crippen MR) is 57.1 cm³/mol. The number of amides is 1. The van der Waals surface area contributed by atoms with Crippen LogP contribution in [0.25, 0.3) is 0 Å². The molecule has 0 aromatic carbocycles. The highest BCUT2D eigenvalue weighted by Crippen LogP contribution is 2.04. The number of rotatable bonds is 3. The molecule has 1 amide bonds. The van der Waals surface area contributed by atoms with Crippen LogP contribution in [0, 0.1) is 0 Å². The van der Waals surface area contributed by atoms with Crippen molar-refractivity contribution in [3.8, 4) is 0 Å². The first-order valence-corrected chi connectivity index (χ1v) is 4.87. The molecule has 0 bridgehead atoms. The SMILES string of the molecule is CC(NC(=O)c1c[nH]c(=O)cn1)c1ncn[nH]1. The molecule has 0 fully saturated rings. The fraction of sp³-hybridized carbons (Fsp3) is 0.222. The summed E-state index contributed by atoms with van der Waals surface area (Å²) in [5.41, 5.74) is -0.221. The summed E-state index contributed by atoms with van der Waals surface area (Å²) in [7, 11) is 0. The van der Waals surface area contributed by atoms with E-state index in [0.29, 0.717) is 5.82 Å². The number of hydrogen-bond acceptors (Lipinski definition) is 5. The van der Waals surface area contributed by atoms with Crippen molar-refractivity contribution in [1.82, 2.24) is 30.5 Å². The van der Waals surface area contributed by atoms with E-state index in [-0.39, 0.29) is 17.3 Å². The zero-order valence-corrected chi connectivity index (χ0v) is 8.97. The number of nitrogens with one attached hydrogen (secondary N) is 3. The van der Waals surface area contributed by atoms with Gasteiger partial charge in [0.05, 0.1) is 12.2 Å². The fourth-order valence-corrected chi connectivity index (χ4v) is 1.23. The summed E-state index contributed by atoms with van der Waals surface area (Å²) in [5, 5.41) is 8.99. The number of carbonyl (C=O) groups is 1. The zero-order chi connectivity index (χ0) is 12.3. The van der Waals surface area contributed by atoms with Gasteiger partial charge in [0, 0.05) is 6.20 Å². The Bertz CT molecular complexity index is 541. The van der Waals surface area contributed by atoms with Gasteiger partial charge in [-0.1, -0.05) is 0 Å². The number of nitrogens with zero attached hydrogens (tertiary/aromatic N) is 3. The monoisotopic (exact) mass is 234 g/mol. The van der Waals surface area contributed by atoms with Crippen LogP contribution in [0.4, 0.5) is 0 Å². The number of aromatic nitrogens is 5. The van der Waals surface area contributed by atoms with Crippen LogP contribution in [0.1, 0.15) is 29.3 Å². The van der Waals surface area contributed by atoms with Crippen molar-refractivity contribution >= 4 is 5.91 Å². The third kappa shape index (κ3) is 2.54. The topological polar surface area (TPSA) is 116 Å². The molecule has 0 saturated carbocycles. The third-order valence-electron chi connectivity index (χ3n) is 2.10. The molecule has 0 spiro atoms. The van der Waals surface area contributed by atoms with E-state index >= 15 is 0 Å². The molecule has 1 atom stereocenters. The van der Waals surface area contributed by atoms with Gasteiger partial charge in [0.2, 0.25) is 0 Å². The molecule has 88 valence electrons. The van der Waals surface area contributed by atoms with E-state index in [1.54, 1.807) is 6.92 Å². The van der Waals surface area contributed by atoms with Crippen LogP contribution in [0.5, 0.6) is 0 Å². The quantitative estimate of drug-likeness (QED) is 0.654. The molecule has 17 heavy (non-hydrogen) atoms. The molecule has 0 aliphatic heterocycles. The highest BCUT2D eigenvalue weighted by molar-refractivity contribution is 5.92. The van der Waals surface area contributed by atoms with Crippen molar-refractivity contribution in [3.63, 3.8) is 0 Å². The summed E-state index contributed by atoms with van der Waals surface area (Å²) in [5.74, 6) is 0.146. The Balaban J connectivity index is 2.07. The fourth-order valence-electron chi connectivity index (χ4n) is 1.23. The molecule has 0 radical (unpaired) electrons. The van der Waals surface area contributed by atoms with Crippen LogP contribution in [-0.2, 0) is 0 Å². The van der Waals surface area contributed by atoms with Crippen molar-refractivity contribution in [1.29, 1.82) is 0 Å². The maximum atomic E-state index is 11.7. The standard InChI is InChI=1S/C9H10N6O2/c1-5(8-12-4-13-15-8)14-9(17)6-2-11-7(16)3-10-6/h2-5H,1H3,(H,11,16)(H,14,17)(H,12,13,15). The average Bonchev–Trinajstić information content (AvgIpc) is 2.83. The van der Waals surface area contributed by atoms with Gasteiger partial charge in [0.25, 0.3) is 11.5 Å². The minimum absolute atomic E-state index is 0.135. The molecular formula is C9H10N6O2. The number of aromatic amines is 2. The molecule has 2 aromatic rings. The molecule has 0 aliphatic rings. The van der Waals surface area contributed by atoms with Gasteiger partial charge < -0.3 is 10.3 Å². The van der Waals surface area contributed by atoms with E-state index in [4.69, 9.17) is 0 Å². The van der Waals surface area contributed by atoms with Gasteiger partial charge in [-0.2, -0.15) is 5.10 Å². The third-order valence-corrected chi connectivity index (χ3v) is 2.10. The Morgan fingerprint density at radius 3 is 2.88 bits per heavy atom. The molecule has 2 heterocycles. The summed E-state index contributed by atoms with van der Waals surface area (Å²) in [6.07, 6.45) is 3.66. The molecule has 3 N–H and O–H groups in total. The van der Waals surface area contributed by atoms with Crippen molar-refractivity contribution in [2.45, 2.75) is 13.0 Å². The maximum Gasteiger partial charge on any atom is 0.271 e. The first kappa shape index (κ1) is 11.0. The second kappa shape index (κ2) is 4.56. The van der Waals surface area contributed by atoms with E-state index < -0.39 is 5.91 Å². The second-order valence-electron chi connectivity index (χ2n) is 3.36. The Morgan fingerprint density at radius 1 is 1.47 bits per heavy atom. The van der Waals surface area contributed by atoms with E-state index in [1.807, 2.05) is 0 Å². The molecule has 0 aliphatic carbocycles. The maximum absolute atomic E-state index is 11.7. The van der Waals surface area contributed by atoms with E-state index in [1.165, 1.54) is 12.5 Å². The van der Waals surface area contributed by atoms with E-state index in [9.17, 15) is 9.59 Å². The van der Waals surface area contributed by atoms with Gasteiger partial charge in [-0.05, 0) is 6.92 Å². The van der Waals surface area contributed by atoms with Gasteiger partial charge in [-0.15, -0.1) is 0 Å². The zero-order valence-electron chi connectivity index (χ0n) is 8.97. The Kier molecular flexibility index (Phi) is 2.95. The van der Waals surface area contributed by atoms with Crippen molar-refractivity contribution in [2.75, 3.05) is 0 Å². The smallest absolute Gasteiger partial charge is 0.271 e. The van der Waals surface area contributed by atoms with Crippen LogP contribution in [0.3, 0.4) is 0 Å². The number of hydrogen-bond donors (Lipinski definition) is 3. The Hall–Kier alpha value is -2.51. The number of H-pyrrole nitrogens is 2. The van der Waals surface area contributed by atoms with Crippen LogP contribution in [-0.4, -0.2) is 31.1 Å². The summed E-state index contributed by atoms with van der Waals surface area (Å²) in [6.45, 7) is 1.75. The van der Waals surface area contributed by atoms with Gasteiger partial charge in [0.1, 0.15) is 17.8 Å². The molecule has 0 saturated heterocycles. The van der Waals surface area contributed by atoms with Gasteiger partial charge in [-0.25, -0.2) is 9.97 Å². The molecule has 8 heteroatoms. The van der Waals surface area contributed by atoms with Crippen molar-refractivity contribution < 1.29 is 4.79 Å². The normalized spacial score (nSPS) is 12.1. The first-order chi connectivity index (χ1) is 8.16. The summed E-state index contributed by atoms with van der Waals surface area (Å²) in [6, 6.07) is -0.321. The summed E-state index contributed by atoms with van der Waals surface area (Å²) < 4.78 is 0. The van der Waals surface area contributed by atoms with Crippen LogP contribution >= 0.6 is 0 Å². The van der Waals surface area contributed by atoms with Crippen LogP contribution in [0.15, 0.2) is 23.5 Å². The van der Waals surface area contributed by atoms with Crippen LogP contribution in [0.2, 0.25) is 0 Å². The lowest BCUT2D eigenvalue weighted by atomic mass is 10.3. The lowest BCUT2D eigenvalue weighted by molar-refractivity contribution is 0.0933. The molecule has 8 nitrogen and oxygen atoms in total. The summed E-state index contributed by atoms with van der Waals surface area (Å²) in [4.78, 5) is 32.5. The van der Waals surface area contributed by atoms with Gasteiger partial charge in [0.15, 0.2) is 0 Å². The largest absolute Gasteiger partial charge is 0.341 e. The lowest BCUT2D eigenvalue weighted by Crippen LogP contribution is -2.28. The average molecular weight is 234 g/mol. The first-order valence-electron chi connectivity index (χ1n) is 4.87. The minimum Gasteiger partial charge on any atom is -0.341 e. The molecule has 1 unspecified atom stereocenters. The Morgan fingerprint density at radius 2 is 2.29 bits per heavy atom. The molecular weight excluding hydrogens is 224 g/mol. The van der Waals surface area contributed by atoms with Crippen molar-refractivity contribution in [3.05, 3.63) is 40.6 Å². The van der Waals surface area contributed by atoms with Gasteiger partial charge >= 0.3 is 0 Å². The van der Waals surface area contributed by atoms with E-state index in [0.717, 1.165) is 6.20 Å². The minimum atomic E-state index is -0.398. The Labute approximate surface area is 95.5 Å². The highest BCUT2D eigenvalue weighted by atomic mass is 16.2. The number of carbonyl (C=O) groups excluding carboxylic acids is 1. The highest BCUT2D eigenvalue weighted by Gasteiger charge is 2.14. The lowest BCUT2D eigenvalue weighted by Gasteiger charge is -2.09. The van der Waals surface area contributed by atoms with E-state index in [2.05, 4.69) is 30.5 Å². The van der Waals surface area contributed by atoms with Crippen molar-refractivity contribution in [2.24, 2.45) is 0 Å². The van der Waals surface area contributed by atoms with Crippen LogP contribution < -0.4 is 10.9 Å².